The molecule has 2 aromatic heterocycles. The highest BCUT2D eigenvalue weighted by atomic mass is 16.4. The summed E-state index contributed by atoms with van der Waals surface area (Å²) in [5.41, 5.74) is 2.17. The van der Waals surface area contributed by atoms with E-state index < -0.39 is 5.97 Å². The maximum atomic E-state index is 12.7. The molecule has 10 heteroatoms. The fourth-order valence-corrected chi connectivity index (χ4v) is 5.70. The van der Waals surface area contributed by atoms with Crippen molar-refractivity contribution < 1.29 is 9.90 Å². The molecule has 202 valence electrons. The number of hydrogen-bond donors (Lipinski definition) is 3. The third-order valence-corrected chi connectivity index (χ3v) is 8.35. The summed E-state index contributed by atoms with van der Waals surface area (Å²) >= 11 is 0. The molecule has 3 N–H and O–H groups in total. The van der Waals surface area contributed by atoms with Gasteiger partial charge in [-0.2, -0.15) is 10.1 Å². The van der Waals surface area contributed by atoms with Crippen molar-refractivity contribution in [2.45, 2.75) is 52.4 Å². The van der Waals surface area contributed by atoms with Gasteiger partial charge in [-0.15, -0.1) is 0 Å². The number of H-pyrrole nitrogens is 1. The molecule has 2 aliphatic rings. The number of aromatic nitrogens is 4. The molecule has 5 rings (SSSR count). The number of hydrogen-bond acceptors (Lipinski definition) is 8. The second kappa shape index (κ2) is 11.4. The van der Waals surface area contributed by atoms with E-state index >= 15 is 0 Å². The van der Waals surface area contributed by atoms with Crippen LogP contribution in [0.1, 0.15) is 52.4 Å². The molecule has 0 radical (unpaired) electrons. The molecule has 0 spiro atoms. The molecule has 2 aliphatic heterocycles. The number of carboxylic acid groups (broad SMARTS) is 1. The maximum absolute atomic E-state index is 12.7. The van der Waals surface area contributed by atoms with Crippen molar-refractivity contribution in [2.75, 3.05) is 41.3 Å². The van der Waals surface area contributed by atoms with Crippen molar-refractivity contribution in [1.29, 1.82) is 0 Å². The van der Waals surface area contributed by atoms with Gasteiger partial charge >= 0.3 is 5.97 Å². The third-order valence-electron chi connectivity index (χ3n) is 8.35. The number of nitrogens with zero attached hydrogens (tertiary/aromatic N) is 5. The topological polar surface area (TPSA) is 127 Å². The highest BCUT2D eigenvalue weighted by Crippen LogP contribution is 2.33. The lowest BCUT2D eigenvalue weighted by atomic mass is 9.78. The van der Waals surface area contributed by atoms with Gasteiger partial charge in [0, 0.05) is 37.6 Å². The van der Waals surface area contributed by atoms with E-state index in [4.69, 9.17) is 4.98 Å². The summed E-state index contributed by atoms with van der Waals surface area (Å²) in [4.78, 5) is 38.1. The summed E-state index contributed by atoms with van der Waals surface area (Å²) in [5, 5.41) is 19.6. The van der Waals surface area contributed by atoms with Gasteiger partial charge < -0.3 is 20.2 Å². The fourth-order valence-electron chi connectivity index (χ4n) is 5.70. The molecule has 0 saturated carbocycles. The minimum atomic E-state index is -0.712. The smallest absolute Gasteiger partial charge is 0.306 e. The standard InChI is InChI=1S/C28H37N7O3/c1-18(19(2)27(37)38)20-11-15-34(16-12-20)22-9-7-21(8-10-22)30-25-24-23(17-29-33-26(24)36)31-28(32-25)35-13-5-3-4-6-14-35/h7-10,17-20H,3-6,11-16H2,1-2H3,(H,33,36)(H,37,38)(H,30,31,32). The van der Waals surface area contributed by atoms with E-state index in [1.807, 2.05) is 19.1 Å². The zero-order valence-electron chi connectivity index (χ0n) is 22.2. The van der Waals surface area contributed by atoms with Crippen molar-refractivity contribution in [3.05, 3.63) is 40.8 Å². The zero-order valence-corrected chi connectivity index (χ0v) is 22.2. The summed E-state index contributed by atoms with van der Waals surface area (Å²) in [7, 11) is 0. The second-order valence-electron chi connectivity index (χ2n) is 10.7. The van der Waals surface area contributed by atoms with Crippen LogP contribution in [0.3, 0.4) is 0 Å². The number of anilines is 4. The van der Waals surface area contributed by atoms with Crippen LogP contribution in [0, 0.1) is 17.8 Å². The molecule has 2 saturated heterocycles. The minimum absolute atomic E-state index is 0.168. The molecule has 38 heavy (non-hydrogen) atoms. The first-order valence-corrected chi connectivity index (χ1v) is 13.8. The van der Waals surface area contributed by atoms with Crippen LogP contribution in [0.25, 0.3) is 10.9 Å². The van der Waals surface area contributed by atoms with E-state index in [9.17, 15) is 14.7 Å². The number of piperidine rings is 1. The average molecular weight is 520 g/mol. The lowest BCUT2D eigenvalue weighted by Crippen LogP contribution is -2.37. The van der Waals surface area contributed by atoms with Gasteiger partial charge in [0.1, 0.15) is 16.7 Å². The number of nitrogens with one attached hydrogen (secondary N) is 2. The number of aliphatic carboxylic acids is 1. The summed E-state index contributed by atoms with van der Waals surface area (Å²) in [6.45, 7) is 7.50. The van der Waals surface area contributed by atoms with Crippen LogP contribution in [0.5, 0.6) is 0 Å². The molecule has 2 unspecified atom stereocenters. The number of carbonyl (C=O) groups is 1. The molecule has 0 amide bonds. The minimum Gasteiger partial charge on any atom is -0.481 e. The first-order valence-electron chi connectivity index (χ1n) is 13.8. The Hall–Kier alpha value is -3.69. The average Bonchev–Trinajstić information content (AvgIpc) is 3.22. The van der Waals surface area contributed by atoms with Gasteiger partial charge in [-0.3, -0.25) is 9.59 Å². The Labute approximate surface area is 222 Å². The lowest BCUT2D eigenvalue weighted by molar-refractivity contribution is -0.143. The van der Waals surface area contributed by atoms with Crippen LogP contribution >= 0.6 is 0 Å². The van der Waals surface area contributed by atoms with E-state index in [0.29, 0.717) is 28.6 Å². The van der Waals surface area contributed by atoms with Crippen LogP contribution < -0.4 is 20.7 Å². The van der Waals surface area contributed by atoms with Gasteiger partial charge in [-0.1, -0.05) is 26.7 Å². The molecule has 0 bridgehead atoms. The van der Waals surface area contributed by atoms with Crippen LogP contribution in [0.15, 0.2) is 35.3 Å². The Bertz CT molecular complexity index is 1310. The Morgan fingerprint density at radius 2 is 1.68 bits per heavy atom. The predicted octanol–water partition coefficient (Wildman–Crippen LogP) is 4.41. The molecule has 2 fully saturated rings. The molecule has 1 aromatic carbocycles. The van der Waals surface area contributed by atoms with Crippen LogP contribution in [-0.2, 0) is 4.79 Å². The molecule has 0 aliphatic carbocycles. The van der Waals surface area contributed by atoms with Crippen molar-refractivity contribution in [3.8, 4) is 0 Å². The second-order valence-corrected chi connectivity index (χ2v) is 10.7. The van der Waals surface area contributed by atoms with Crippen molar-refractivity contribution in [2.24, 2.45) is 17.8 Å². The summed E-state index contributed by atoms with van der Waals surface area (Å²) in [5.74, 6) is 0.666. The van der Waals surface area contributed by atoms with Gasteiger partial charge in [0.05, 0.1) is 12.1 Å². The largest absolute Gasteiger partial charge is 0.481 e. The zero-order chi connectivity index (χ0) is 26.6. The van der Waals surface area contributed by atoms with Gasteiger partial charge in [0.15, 0.2) is 0 Å². The molecular formula is C28H37N7O3. The Morgan fingerprint density at radius 3 is 2.34 bits per heavy atom. The van der Waals surface area contributed by atoms with Crippen molar-refractivity contribution in [1.82, 2.24) is 20.2 Å². The van der Waals surface area contributed by atoms with E-state index in [2.05, 4.69) is 49.4 Å². The van der Waals surface area contributed by atoms with Gasteiger partial charge in [0.2, 0.25) is 5.95 Å². The van der Waals surface area contributed by atoms with E-state index in [1.54, 1.807) is 6.20 Å². The quantitative estimate of drug-likeness (QED) is 0.416. The summed E-state index contributed by atoms with van der Waals surface area (Å²) < 4.78 is 0. The Morgan fingerprint density at radius 1 is 1.00 bits per heavy atom. The normalized spacial score (nSPS) is 18.7. The maximum Gasteiger partial charge on any atom is 0.306 e. The summed E-state index contributed by atoms with van der Waals surface area (Å²) in [6, 6.07) is 8.17. The van der Waals surface area contributed by atoms with Crippen LogP contribution in [-0.4, -0.2) is 57.4 Å². The third kappa shape index (κ3) is 5.58. The van der Waals surface area contributed by atoms with Gasteiger partial charge in [0.25, 0.3) is 5.56 Å². The van der Waals surface area contributed by atoms with E-state index in [0.717, 1.165) is 63.2 Å². The number of rotatable bonds is 7. The number of fused-ring (bicyclic) bond motifs is 1. The lowest BCUT2D eigenvalue weighted by Gasteiger charge is -2.37. The molecule has 4 heterocycles. The fraction of sp³-hybridized carbons (Fsp3) is 0.536. The number of aromatic amines is 1. The highest BCUT2D eigenvalue weighted by molar-refractivity contribution is 5.90. The molecule has 10 nitrogen and oxygen atoms in total. The number of benzene rings is 1. The van der Waals surface area contributed by atoms with E-state index in [1.165, 1.54) is 12.8 Å². The Balaban J connectivity index is 1.32. The number of carboxylic acids is 1. The van der Waals surface area contributed by atoms with E-state index in [-0.39, 0.29) is 17.4 Å². The van der Waals surface area contributed by atoms with Crippen molar-refractivity contribution >= 4 is 40.0 Å². The first kappa shape index (κ1) is 25.9. The van der Waals surface area contributed by atoms with Crippen LogP contribution in [0.4, 0.5) is 23.1 Å². The van der Waals surface area contributed by atoms with Gasteiger partial charge in [-0.05, 0) is 61.8 Å². The SMILES string of the molecule is CC(C(=O)O)C(C)C1CCN(c2ccc(Nc3nc(N4CCCCCC4)nc4cn[nH]c(=O)c34)cc2)CC1. The predicted molar refractivity (Wildman–Crippen MR) is 149 cm³/mol. The van der Waals surface area contributed by atoms with Crippen LogP contribution in [0.2, 0.25) is 0 Å². The molecule has 3 aromatic rings. The first-order chi connectivity index (χ1) is 18.4. The van der Waals surface area contributed by atoms with Crippen molar-refractivity contribution in [3.63, 3.8) is 0 Å². The Kier molecular flexibility index (Phi) is 7.76. The monoisotopic (exact) mass is 519 g/mol. The molecule has 2 atom stereocenters. The van der Waals surface area contributed by atoms with Gasteiger partial charge in [-0.25, -0.2) is 10.1 Å². The molecular weight excluding hydrogens is 482 g/mol. The highest BCUT2D eigenvalue weighted by Gasteiger charge is 2.30. The summed E-state index contributed by atoms with van der Waals surface area (Å²) in [6.07, 6.45) is 8.18.